The number of halogens is 1. The summed E-state index contributed by atoms with van der Waals surface area (Å²) in [5, 5.41) is 18.9. The zero-order valence-electron chi connectivity index (χ0n) is 11.1. The first-order valence-electron chi connectivity index (χ1n) is 5.77. The fourth-order valence-corrected chi connectivity index (χ4v) is 1.88. The minimum absolute atomic E-state index is 0.170. The molecular weight excluding hydrogens is 286 g/mol. The minimum atomic E-state index is -0.724. The van der Waals surface area contributed by atoms with Crippen molar-refractivity contribution in [3.63, 3.8) is 0 Å². The Morgan fingerprint density at radius 1 is 1.50 bits per heavy atom. The topological polar surface area (TPSA) is 95.8 Å². The van der Waals surface area contributed by atoms with Gasteiger partial charge in [-0.2, -0.15) is 10.2 Å². The molecule has 20 heavy (non-hydrogen) atoms. The van der Waals surface area contributed by atoms with Crippen molar-refractivity contribution < 1.29 is 9.72 Å². The summed E-state index contributed by atoms with van der Waals surface area (Å²) in [7, 11) is 0. The molecule has 0 radical (unpaired) electrons. The summed E-state index contributed by atoms with van der Waals surface area (Å²) in [4.78, 5) is 22.4. The van der Waals surface area contributed by atoms with Gasteiger partial charge in [0, 0.05) is 0 Å². The predicted molar refractivity (Wildman–Crippen MR) is 70.9 cm³/mol. The third-order valence-corrected chi connectivity index (χ3v) is 3.51. The van der Waals surface area contributed by atoms with Crippen LogP contribution in [0.5, 0.6) is 0 Å². The maximum atomic E-state index is 12.3. The van der Waals surface area contributed by atoms with E-state index < -0.39 is 11.0 Å². The van der Waals surface area contributed by atoms with Gasteiger partial charge in [-0.3, -0.25) is 19.6 Å². The van der Waals surface area contributed by atoms with Crippen LogP contribution in [0, 0.1) is 24.0 Å². The zero-order chi connectivity index (χ0) is 15.0. The van der Waals surface area contributed by atoms with Crippen LogP contribution < -0.4 is 0 Å². The van der Waals surface area contributed by atoms with Gasteiger partial charge in [-0.15, -0.1) is 0 Å². The quantitative estimate of drug-likeness (QED) is 0.639. The lowest BCUT2D eigenvalue weighted by molar-refractivity contribution is -0.385. The molecule has 0 aromatic carbocycles. The lowest BCUT2D eigenvalue weighted by Gasteiger charge is -2.11. The van der Waals surface area contributed by atoms with Crippen LogP contribution in [0.4, 0.5) is 5.69 Å². The van der Waals surface area contributed by atoms with E-state index in [1.54, 1.807) is 20.8 Å². The highest BCUT2D eigenvalue weighted by molar-refractivity contribution is 6.32. The average Bonchev–Trinajstić information content (AvgIpc) is 2.99. The molecule has 8 nitrogen and oxygen atoms in total. The standard InChI is InChI=1S/C11H12ClN5O3/c1-6-10(12)7(2)16(14-6)11(18)8(3)15-5-9(4-13-15)17(19)20/h4-5,8H,1-3H3/t8-/m0/s1. The second-order valence-corrected chi connectivity index (χ2v) is 4.72. The molecule has 2 aromatic heterocycles. The van der Waals surface area contributed by atoms with Crippen molar-refractivity contribution in [3.8, 4) is 0 Å². The third-order valence-electron chi connectivity index (χ3n) is 2.96. The smallest absolute Gasteiger partial charge is 0.270 e. The number of rotatable bonds is 3. The Kier molecular flexibility index (Phi) is 3.58. The van der Waals surface area contributed by atoms with Gasteiger partial charge in [0.25, 0.3) is 5.91 Å². The van der Waals surface area contributed by atoms with E-state index in [1.807, 2.05) is 0 Å². The SMILES string of the molecule is Cc1nn(C(=O)[C@H](C)n2cc([N+](=O)[O-])cn2)c(C)c1Cl. The van der Waals surface area contributed by atoms with Crippen molar-refractivity contribution in [3.05, 3.63) is 38.9 Å². The molecule has 0 N–H and O–H groups in total. The van der Waals surface area contributed by atoms with Crippen molar-refractivity contribution in [1.29, 1.82) is 0 Å². The van der Waals surface area contributed by atoms with Crippen LogP contribution in [0.3, 0.4) is 0 Å². The van der Waals surface area contributed by atoms with Crippen molar-refractivity contribution >= 4 is 23.2 Å². The lowest BCUT2D eigenvalue weighted by Crippen LogP contribution is -2.25. The van der Waals surface area contributed by atoms with Gasteiger partial charge in [-0.25, -0.2) is 4.68 Å². The van der Waals surface area contributed by atoms with E-state index in [1.165, 1.54) is 15.6 Å². The van der Waals surface area contributed by atoms with Crippen LogP contribution in [0.1, 0.15) is 29.1 Å². The van der Waals surface area contributed by atoms with E-state index in [9.17, 15) is 14.9 Å². The number of hydrogen-bond donors (Lipinski definition) is 0. The van der Waals surface area contributed by atoms with Crippen molar-refractivity contribution in [1.82, 2.24) is 19.6 Å². The Morgan fingerprint density at radius 3 is 2.60 bits per heavy atom. The molecule has 2 heterocycles. The molecule has 106 valence electrons. The summed E-state index contributed by atoms with van der Waals surface area (Å²) in [6.45, 7) is 4.96. The van der Waals surface area contributed by atoms with Crippen LogP contribution >= 0.6 is 11.6 Å². The summed E-state index contributed by atoms with van der Waals surface area (Å²) in [5.74, 6) is -0.365. The van der Waals surface area contributed by atoms with E-state index in [0.29, 0.717) is 16.4 Å². The molecule has 0 fully saturated rings. The van der Waals surface area contributed by atoms with Crippen LogP contribution in [0.2, 0.25) is 5.02 Å². The number of hydrogen-bond acceptors (Lipinski definition) is 5. The Balaban J connectivity index is 2.32. The Morgan fingerprint density at radius 2 is 2.15 bits per heavy atom. The summed E-state index contributed by atoms with van der Waals surface area (Å²) in [5.41, 5.74) is 0.912. The molecule has 0 bridgehead atoms. The molecule has 2 aromatic rings. The van der Waals surface area contributed by atoms with E-state index >= 15 is 0 Å². The fraction of sp³-hybridized carbons (Fsp3) is 0.364. The molecule has 0 aliphatic heterocycles. The summed E-state index contributed by atoms with van der Waals surface area (Å²) >= 11 is 5.99. The first-order valence-corrected chi connectivity index (χ1v) is 6.15. The predicted octanol–water partition coefficient (Wildman–Crippen LogP) is 2.16. The highest BCUT2D eigenvalue weighted by atomic mass is 35.5. The molecule has 0 saturated heterocycles. The second kappa shape index (κ2) is 5.04. The number of nitro groups is 1. The first-order chi connectivity index (χ1) is 9.32. The molecule has 0 aliphatic carbocycles. The monoisotopic (exact) mass is 297 g/mol. The summed E-state index contributed by atoms with van der Waals surface area (Å²) in [6, 6.07) is -0.724. The molecule has 0 unspecified atom stereocenters. The number of carbonyl (C=O) groups excluding carboxylic acids is 1. The maximum absolute atomic E-state index is 12.3. The fourth-order valence-electron chi connectivity index (χ4n) is 1.76. The van der Waals surface area contributed by atoms with Gasteiger partial charge in [-0.1, -0.05) is 11.6 Å². The van der Waals surface area contributed by atoms with Gasteiger partial charge in [-0.05, 0) is 20.8 Å². The molecule has 2 rings (SSSR count). The Bertz CT molecular complexity index is 690. The molecule has 0 spiro atoms. The highest BCUT2D eigenvalue weighted by Gasteiger charge is 2.24. The van der Waals surface area contributed by atoms with Gasteiger partial charge in [0.1, 0.15) is 18.4 Å². The third kappa shape index (κ3) is 2.29. The molecule has 1 atom stereocenters. The van der Waals surface area contributed by atoms with Gasteiger partial charge < -0.3 is 0 Å². The summed E-state index contributed by atoms with van der Waals surface area (Å²) in [6.07, 6.45) is 2.30. The second-order valence-electron chi connectivity index (χ2n) is 4.35. The van der Waals surface area contributed by atoms with Crippen molar-refractivity contribution in [2.75, 3.05) is 0 Å². The van der Waals surface area contributed by atoms with Crippen LogP contribution in [-0.4, -0.2) is 30.4 Å². The number of carbonyl (C=O) groups is 1. The van der Waals surface area contributed by atoms with Crippen molar-refractivity contribution in [2.45, 2.75) is 26.8 Å². The van der Waals surface area contributed by atoms with Crippen LogP contribution in [-0.2, 0) is 0 Å². The molecular formula is C11H12ClN5O3. The van der Waals surface area contributed by atoms with E-state index in [0.717, 1.165) is 6.20 Å². The van der Waals surface area contributed by atoms with E-state index in [2.05, 4.69) is 10.2 Å². The van der Waals surface area contributed by atoms with Gasteiger partial charge in [0.15, 0.2) is 0 Å². The first kappa shape index (κ1) is 14.2. The Hall–Kier alpha value is -2.22. The molecule has 9 heteroatoms. The maximum Gasteiger partial charge on any atom is 0.307 e. The number of aryl methyl sites for hydroxylation is 1. The molecule has 0 amide bonds. The van der Waals surface area contributed by atoms with Crippen LogP contribution in [0.15, 0.2) is 12.4 Å². The number of nitrogens with zero attached hydrogens (tertiary/aromatic N) is 5. The normalized spacial score (nSPS) is 12.4. The van der Waals surface area contributed by atoms with E-state index in [4.69, 9.17) is 11.6 Å². The summed E-state index contributed by atoms with van der Waals surface area (Å²) < 4.78 is 2.42. The number of aromatic nitrogens is 4. The van der Waals surface area contributed by atoms with Crippen LogP contribution in [0.25, 0.3) is 0 Å². The lowest BCUT2D eigenvalue weighted by atomic mass is 10.3. The Labute approximate surface area is 119 Å². The molecule has 0 aliphatic rings. The molecule has 0 saturated carbocycles. The largest absolute Gasteiger partial charge is 0.307 e. The van der Waals surface area contributed by atoms with Gasteiger partial charge in [0.2, 0.25) is 0 Å². The zero-order valence-corrected chi connectivity index (χ0v) is 11.8. The van der Waals surface area contributed by atoms with Gasteiger partial charge in [0.05, 0.1) is 21.3 Å². The minimum Gasteiger partial charge on any atom is -0.270 e. The van der Waals surface area contributed by atoms with Gasteiger partial charge >= 0.3 is 5.69 Å². The average molecular weight is 298 g/mol. The van der Waals surface area contributed by atoms with Crippen molar-refractivity contribution in [2.24, 2.45) is 0 Å². The van der Waals surface area contributed by atoms with E-state index in [-0.39, 0.29) is 11.6 Å². The highest BCUT2D eigenvalue weighted by Crippen LogP contribution is 2.21.